The topological polar surface area (TPSA) is 84.5 Å². The van der Waals surface area contributed by atoms with Crippen molar-refractivity contribution in [1.29, 1.82) is 0 Å². The average Bonchev–Trinajstić information content (AvgIpc) is 2.71. The summed E-state index contributed by atoms with van der Waals surface area (Å²) in [7, 11) is -3.44. The minimum atomic E-state index is -3.44. The van der Waals surface area contributed by atoms with Crippen molar-refractivity contribution in [3.63, 3.8) is 0 Å². The number of hydrogen-bond acceptors (Lipinski definition) is 4. The molecule has 0 radical (unpaired) electrons. The van der Waals surface area contributed by atoms with E-state index in [1.165, 1.54) is 13.0 Å². The van der Waals surface area contributed by atoms with Crippen molar-refractivity contribution < 1.29 is 17.9 Å². The maximum atomic E-state index is 12.7. The van der Waals surface area contributed by atoms with Gasteiger partial charge in [-0.25, -0.2) is 8.42 Å². The molecule has 3 aromatic carbocycles. The molecule has 8 heteroatoms. The number of benzene rings is 3. The molecule has 0 fully saturated rings. The minimum Gasteiger partial charge on any atom is -0.455 e. The fourth-order valence-electron chi connectivity index (χ4n) is 2.47. The molecule has 0 saturated heterocycles. The minimum absolute atomic E-state index is 0.0634. The first kappa shape index (κ1) is 20.7. The van der Waals surface area contributed by atoms with Crippen LogP contribution in [0.3, 0.4) is 0 Å². The second-order valence-corrected chi connectivity index (χ2v) is 8.54. The van der Waals surface area contributed by atoms with Gasteiger partial charge in [0.05, 0.1) is 11.4 Å². The third-order valence-corrected chi connectivity index (χ3v) is 5.48. The van der Waals surface area contributed by atoms with E-state index < -0.39 is 15.9 Å². The molecule has 3 rings (SSSR count). The van der Waals surface area contributed by atoms with Crippen molar-refractivity contribution >= 4 is 38.9 Å². The average molecular weight is 431 g/mol. The molecular formula is C21H19ClN2O4S. The largest absolute Gasteiger partial charge is 0.455 e. The normalized spacial score (nSPS) is 11.0. The van der Waals surface area contributed by atoms with Crippen LogP contribution in [-0.2, 0) is 10.0 Å². The first-order valence-corrected chi connectivity index (χ1v) is 10.8. The Balaban J connectivity index is 1.83. The standard InChI is InChI=1S/C21H19ClN2O4S/c1-2-29(26,27)24-17-8-6-7-15(13-17)21(25)23-19-14-16(22)11-12-20(19)28-18-9-4-3-5-10-18/h3-14,24H,2H2,1H3,(H,23,25). The van der Waals surface area contributed by atoms with Gasteiger partial charge in [0.25, 0.3) is 5.91 Å². The molecule has 0 bridgehead atoms. The molecule has 1 amide bonds. The Bertz CT molecular complexity index is 1120. The fourth-order valence-corrected chi connectivity index (χ4v) is 3.28. The highest BCUT2D eigenvalue weighted by atomic mass is 35.5. The Morgan fingerprint density at radius 3 is 2.48 bits per heavy atom. The Kier molecular flexibility index (Phi) is 6.41. The molecule has 0 aromatic heterocycles. The first-order valence-electron chi connectivity index (χ1n) is 8.80. The second-order valence-electron chi connectivity index (χ2n) is 6.10. The monoisotopic (exact) mass is 430 g/mol. The molecule has 2 N–H and O–H groups in total. The Labute approximate surface area is 174 Å². The van der Waals surface area contributed by atoms with E-state index in [9.17, 15) is 13.2 Å². The van der Waals surface area contributed by atoms with E-state index in [-0.39, 0.29) is 11.3 Å². The molecule has 0 spiro atoms. The molecule has 0 aliphatic carbocycles. The summed E-state index contributed by atoms with van der Waals surface area (Å²) in [5.41, 5.74) is 0.990. The highest BCUT2D eigenvalue weighted by Crippen LogP contribution is 2.32. The summed E-state index contributed by atoms with van der Waals surface area (Å²) in [5, 5.41) is 3.20. The van der Waals surface area contributed by atoms with E-state index in [2.05, 4.69) is 10.0 Å². The van der Waals surface area contributed by atoms with E-state index in [1.54, 1.807) is 48.5 Å². The predicted octanol–water partition coefficient (Wildman–Crippen LogP) is 5.15. The number of nitrogens with one attached hydrogen (secondary N) is 2. The number of amides is 1. The maximum Gasteiger partial charge on any atom is 0.255 e. The summed E-state index contributed by atoms with van der Waals surface area (Å²) in [6.07, 6.45) is 0. The molecule has 0 unspecified atom stereocenters. The van der Waals surface area contributed by atoms with E-state index in [1.807, 2.05) is 18.2 Å². The van der Waals surface area contributed by atoms with Gasteiger partial charge in [0.1, 0.15) is 5.75 Å². The molecule has 150 valence electrons. The lowest BCUT2D eigenvalue weighted by molar-refractivity contribution is 0.102. The number of anilines is 2. The van der Waals surface area contributed by atoms with Crippen LogP contribution < -0.4 is 14.8 Å². The zero-order chi connectivity index (χ0) is 20.9. The van der Waals surface area contributed by atoms with Crippen LogP contribution in [-0.4, -0.2) is 20.1 Å². The summed E-state index contributed by atoms with van der Waals surface area (Å²) in [4.78, 5) is 12.7. The zero-order valence-electron chi connectivity index (χ0n) is 15.6. The van der Waals surface area contributed by atoms with Gasteiger partial charge in [-0.1, -0.05) is 35.9 Å². The smallest absolute Gasteiger partial charge is 0.255 e. The number of para-hydroxylation sites is 1. The fraction of sp³-hybridized carbons (Fsp3) is 0.0952. The summed E-state index contributed by atoms with van der Waals surface area (Å²) in [6, 6.07) is 20.3. The molecule has 0 aliphatic rings. The van der Waals surface area contributed by atoms with Crippen LogP contribution in [0.25, 0.3) is 0 Å². The number of hydrogen-bond donors (Lipinski definition) is 2. The predicted molar refractivity (Wildman–Crippen MR) is 115 cm³/mol. The molecular weight excluding hydrogens is 412 g/mol. The number of sulfonamides is 1. The lowest BCUT2D eigenvalue weighted by Crippen LogP contribution is -2.16. The van der Waals surface area contributed by atoms with Crippen LogP contribution in [0, 0.1) is 0 Å². The summed E-state index contributed by atoms with van der Waals surface area (Å²) < 4.78 is 31.8. The lowest BCUT2D eigenvalue weighted by Gasteiger charge is -2.13. The van der Waals surface area contributed by atoms with Crippen LogP contribution in [0.5, 0.6) is 11.5 Å². The van der Waals surface area contributed by atoms with Gasteiger partial charge in [-0.2, -0.15) is 0 Å². The van der Waals surface area contributed by atoms with E-state index in [4.69, 9.17) is 16.3 Å². The third kappa shape index (κ3) is 5.73. The van der Waals surface area contributed by atoms with Gasteiger partial charge in [0.15, 0.2) is 5.75 Å². The molecule has 0 atom stereocenters. The van der Waals surface area contributed by atoms with Gasteiger partial charge >= 0.3 is 0 Å². The van der Waals surface area contributed by atoms with Gasteiger partial charge < -0.3 is 10.1 Å². The SMILES string of the molecule is CCS(=O)(=O)Nc1cccc(C(=O)Nc2cc(Cl)ccc2Oc2ccccc2)c1. The van der Waals surface area contributed by atoms with Crippen molar-refractivity contribution in [2.24, 2.45) is 0 Å². The van der Waals surface area contributed by atoms with Crippen molar-refractivity contribution in [2.45, 2.75) is 6.92 Å². The molecule has 0 heterocycles. The molecule has 6 nitrogen and oxygen atoms in total. The van der Waals surface area contributed by atoms with Gasteiger partial charge in [-0.15, -0.1) is 0 Å². The number of carbonyl (C=O) groups is 1. The molecule has 0 aliphatic heterocycles. The van der Waals surface area contributed by atoms with Crippen LogP contribution >= 0.6 is 11.6 Å². The first-order chi connectivity index (χ1) is 13.9. The third-order valence-electron chi connectivity index (χ3n) is 3.94. The molecule has 3 aromatic rings. The van der Waals surface area contributed by atoms with Crippen molar-refractivity contribution in [3.05, 3.63) is 83.4 Å². The maximum absolute atomic E-state index is 12.7. The van der Waals surface area contributed by atoms with Gasteiger partial charge in [-0.3, -0.25) is 9.52 Å². The van der Waals surface area contributed by atoms with Crippen LogP contribution in [0.4, 0.5) is 11.4 Å². The number of carbonyl (C=O) groups excluding carboxylic acids is 1. The van der Waals surface area contributed by atoms with E-state index >= 15 is 0 Å². The summed E-state index contributed by atoms with van der Waals surface area (Å²) >= 11 is 6.08. The van der Waals surface area contributed by atoms with Gasteiger partial charge in [-0.05, 0) is 55.5 Å². The highest BCUT2D eigenvalue weighted by Gasteiger charge is 2.13. The van der Waals surface area contributed by atoms with Crippen LogP contribution in [0.15, 0.2) is 72.8 Å². The number of halogens is 1. The van der Waals surface area contributed by atoms with E-state index in [0.29, 0.717) is 27.9 Å². The second kappa shape index (κ2) is 8.98. The van der Waals surface area contributed by atoms with Gasteiger partial charge in [0.2, 0.25) is 10.0 Å². The lowest BCUT2D eigenvalue weighted by atomic mass is 10.2. The Morgan fingerprint density at radius 2 is 1.76 bits per heavy atom. The number of rotatable bonds is 7. The Hall–Kier alpha value is -3.03. The highest BCUT2D eigenvalue weighted by molar-refractivity contribution is 7.92. The van der Waals surface area contributed by atoms with Crippen LogP contribution in [0.2, 0.25) is 5.02 Å². The van der Waals surface area contributed by atoms with E-state index in [0.717, 1.165) is 0 Å². The molecule has 29 heavy (non-hydrogen) atoms. The summed E-state index contributed by atoms with van der Waals surface area (Å²) in [6.45, 7) is 1.53. The zero-order valence-corrected chi connectivity index (χ0v) is 17.1. The quantitative estimate of drug-likeness (QED) is 0.543. The summed E-state index contributed by atoms with van der Waals surface area (Å²) in [5.74, 6) is 0.548. The number of ether oxygens (including phenoxy) is 1. The molecule has 0 saturated carbocycles. The van der Waals surface area contributed by atoms with Crippen molar-refractivity contribution in [2.75, 3.05) is 15.8 Å². The van der Waals surface area contributed by atoms with Crippen molar-refractivity contribution in [3.8, 4) is 11.5 Å². The van der Waals surface area contributed by atoms with Crippen molar-refractivity contribution in [1.82, 2.24) is 0 Å². The Morgan fingerprint density at radius 1 is 1.00 bits per heavy atom. The van der Waals surface area contributed by atoms with Gasteiger partial charge in [0, 0.05) is 16.3 Å². The van der Waals surface area contributed by atoms with Crippen LogP contribution in [0.1, 0.15) is 17.3 Å².